The van der Waals surface area contributed by atoms with E-state index in [4.69, 9.17) is 9.39 Å². The molecule has 2 aromatic carbocycles. The number of amides is 1. The standard InChI is InChI=1S/C20H16BF3N2O7/c1-19(9-25,26-17(27)11-2-5-13(6-3-11)33-20(22,23)24)10-31-14-7-4-12-8-32-21(30)16(12)15(14)18(28)29/h2-7,30H,8,10H2,1H3,(H,26,27)(H,28,29)/p-1. The molecule has 2 aromatic rings. The number of nitriles is 1. The van der Waals surface area contributed by atoms with Crippen molar-refractivity contribution in [2.45, 2.75) is 25.4 Å². The number of rotatable bonds is 7. The smallest absolute Gasteiger partial charge is 0.545 e. The molecule has 33 heavy (non-hydrogen) atoms. The third-order valence-corrected chi connectivity index (χ3v) is 4.65. The van der Waals surface area contributed by atoms with E-state index in [1.807, 2.05) is 6.07 Å². The van der Waals surface area contributed by atoms with Gasteiger partial charge in [0.25, 0.3) is 5.91 Å². The number of carbonyl (C=O) groups excluding carboxylic acids is 2. The van der Waals surface area contributed by atoms with Crippen LogP contribution in [-0.4, -0.2) is 42.5 Å². The number of hydrogen-bond donors (Lipinski definition) is 2. The largest absolute Gasteiger partial charge is 0.573 e. The highest BCUT2D eigenvalue weighted by molar-refractivity contribution is 6.63. The van der Waals surface area contributed by atoms with Crippen LogP contribution in [0.1, 0.15) is 33.2 Å². The van der Waals surface area contributed by atoms with Gasteiger partial charge in [-0.1, -0.05) is 6.07 Å². The van der Waals surface area contributed by atoms with Crippen LogP contribution in [0.4, 0.5) is 13.2 Å². The maximum atomic E-state index is 12.5. The molecule has 172 valence electrons. The maximum Gasteiger partial charge on any atom is 0.573 e. The zero-order valence-corrected chi connectivity index (χ0v) is 16.9. The van der Waals surface area contributed by atoms with Gasteiger partial charge in [0.1, 0.15) is 18.1 Å². The van der Waals surface area contributed by atoms with E-state index in [-0.39, 0.29) is 23.4 Å². The van der Waals surface area contributed by atoms with Crippen LogP contribution in [0.5, 0.6) is 11.5 Å². The number of halogens is 3. The zero-order valence-electron chi connectivity index (χ0n) is 16.9. The number of hydrogen-bond acceptors (Lipinski definition) is 8. The van der Waals surface area contributed by atoms with E-state index in [9.17, 15) is 38.2 Å². The van der Waals surface area contributed by atoms with Crippen LogP contribution >= 0.6 is 0 Å². The molecule has 0 spiro atoms. The van der Waals surface area contributed by atoms with E-state index in [0.29, 0.717) is 5.56 Å². The molecule has 2 N–H and O–H groups in total. The molecule has 0 aromatic heterocycles. The summed E-state index contributed by atoms with van der Waals surface area (Å²) >= 11 is 0. The third kappa shape index (κ3) is 5.54. The van der Waals surface area contributed by atoms with E-state index < -0.39 is 48.8 Å². The first kappa shape index (κ1) is 23.9. The number of nitrogens with zero attached hydrogens (tertiary/aromatic N) is 1. The van der Waals surface area contributed by atoms with E-state index >= 15 is 0 Å². The van der Waals surface area contributed by atoms with Crippen molar-refractivity contribution in [3.8, 4) is 17.6 Å². The van der Waals surface area contributed by atoms with Crippen LogP contribution in [-0.2, 0) is 11.3 Å². The summed E-state index contributed by atoms with van der Waals surface area (Å²) in [6.07, 6.45) is -4.88. The second-order valence-electron chi connectivity index (χ2n) is 7.22. The van der Waals surface area contributed by atoms with Gasteiger partial charge in [-0.2, -0.15) is 5.26 Å². The number of fused-ring (bicyclic) bond motifs is 1. The molecule has 0 radical (unpaired) electrons. The second kappa shape index (κ2) is 9.01. The Morgan fingerprint density at radius 3 is 2.52 bits per heavy atom. The Bertz CT molecular complexity index is 1120. The molecule has 1 atom stereocenters. The molecule has 1 aliphatic heterocycles. The summed E-state index contributed by atoms with van der Waals surface area (Å²) in [6, 6.07) is 8.65. The Morgan fingerprint density at radius 2 is 1.94 bits per heavy atom. The number of carboxylic acids is 1. The van der Waals surface area contributed by atoms with E-state index in [1.54, 1.807) is 0 Å². The Labute approximate surface area is 185 Å². The SMILES string of the molecule is CC(C#N)(COc1ccc2c(c1C(=O)[O-])B(O)OC2)NC(=O)c1ccc(OC(F)(F)F)cc1. The monoisotopic (exact) mass is 463 g/mol. The maximum absolute atomic E-state index is 12.5. The predicted molar refractivity (Wildman–Crippen MR) is 103 cm³/mol. The van der Waals surface area contributed by atoms with Crippen LogP contribution in [0.2, 0.25) is 0 Å². The highest BCUT2D eigenvalue weighted by atomic mass is 19.4. The average Bonchev–Trinajstić information content (AvgIpc) is 3.12. The van der Waals surface area contributed by atoms with Gasteiger partial charge in [-0.05, 0) is 42.8 Å². The van der Waals surface area contributed by atoms with Crippen molar-refractivity contribution >= 4 is 24.5 Å². The van der Waals surface area contributed by atoms with Gasteiger partial charge in [0, 0.05) is 16.6 Å². The van der Waals surface area contributed by atoms with Crippen molar-refractivity contribution in [1.82, 2.24) is 5.32 Å². The summed E-state index contributed by atoms with van der Waals surface area (Å²) in [7, 11) is -1.48. The quantitative estimate of drug-likeness (QED) is 0.558. The molecular formula is C20H15BF3N2O7-. The number of nitrogens with one attached hydrogen (secondary N) is 1. The lowest BCUT2D eigenvalue weighted by molar-refractivity contribution is -0.274. The van der Waals surface area contributed by atoms with Gasteiger partial charge in [0.05, 0.1) is 18.6 Å². The molecule has 0 saturated heterocycles. The van der Waals surface area contributed by atoms with E-state index in [2.05, 4.69) is 10.1 Å². The molecule has 0 saturated carbocycles. The summed E-state index contributed by atoms with van der Waals surface area (Å²) < 4.78 is 51.0. The van der Waals surface area contributed by atoms with Crippen molar-refractivity contribution in [2.24, 2.45) is 0 Å². The van der Waals surface area contributed by atoms with Crippen LogP contribution < -0.4 is 25.4 Å². The molecular weight excluding hydrogens is 448 g/mol. The van der Waals surface area contributed by atoms with Gasteiger partial charge in [-0.3, -0.25) is 4.79 Å². The number of ether oxygens (including phenoxy) is 2. The Balaban J connectivity index is 1.73. The first-order valence-corrected chi connectivity index (χ1v) is 9.31. The first-order chi connectivity index (χ1) is 15.4. The summed E-state index contributed by atoms with van der Waals surface area (Å²) in [5, 5.41) is 33.4. The summed E-state index contributed by atoms with van der Waals surface area (Å²) in [5.41, 5.74) is -1.74. The summed E-state index contributed by atoms with van der Waals surface area (Å²) in [4.78, 5) is 24.1. The van der Waals surface area contributed by atoms with Gasteiger partial charge >= 0.3 is 13.5 Å². The predicted octanol–water partition coefficient (Wildman–Crippen LogP) is 0.257. The number of benzene rings is 2. The Kier molecular flexibility index (Phi) is 6.52. The third-order valence-electron chi connectivity index (χ3n) is 4.65. The molecule has 3 rings (SSSR count). The lowest BCUT2D eigenvalue weighted by Crippen LogP contribution is -2.49. The summed E-state index contributed by atoms with van der Waals surface area (Å²) in [6.45, 7) is 0.798. The first-order valence-electron chi connectivity index (χ1n) is 9.31. The molecule has 0 fully saturated rings. The summed E-state index contributed by atoms with van der Waals surface area (Å²) in [5.74, 6) is -3.15. The molecule has 1 amide bonds. The minimum atomic E-state index is -4.88. The van der Waals surface area contributed by atoms with Crippen molar-refractivity contribution in [2.75, 3.05) is 6.61 Å². The van der Waals surface area contributed by atoms with Crippen molar-refractivity contribution in [3.05, 3.63) is 53.1 Å². The van der Waals surface area contributed by atoms with E-state index in [0.717, 1.165) is 24.3 Å². The lowest BCUT2D eigenvalue weighted by atomic mass is 9.76. The normalized spacial score (nSPS) is 14.6. The molecule has 1 unspecified atom stereocenters. The van der Waals surface area contributed by atoms with Crippen molar-refractivity contribution < 1.29 is 47.0 Å². The minimum absolute atomic E-state index is 0.00414. The molecule has 0 aliphatic carbocycles. The number of carbonyl (C=O) groups is 2. The molecule has 9 nitrogen and oxygen atoms in total. The van der Waals surface area contributed by atoms with Crippen molar-refractivity contribution in [3.63, 3.8) is 0 Å². The number of carboxylic acid groups (broad SMARTS) is 1. The van der Waals surface area contributed by atoms with Gasteiger partial charge in [0.15, 0.2) is 5.54 Å². The Morgan fingerprint density at radius 1 is 1.27 bits per heavy atom. The lowest BCUT2D eigenvalue weighted by Gasteiger charge is -2.25. The molecule has 1 heterocycles. The fourth-order valence-electron chi connectivity index (χ4n) is 3.08. The minimum Gasteiger partial charge on any atom is -0.545 e. The zero-order chi connectivity index (χ0) is 24.4. The second-order valence-corrected chi connectivity index (χ2v) is 7.22. The van der Waals surface area contributed by atoms with Gasteiger partial charge in [-0.25, -0.2) is 0 Å². The molecule has 13 heteroatoms. The highest BCUT2D eigenvalue weighted by Crippen LogP contribution is 2.25. The Hall–Kier alpha value is -3.76. The number of aromatic carboxylic acids is 1. The average molecular weight is 463 g/mol. The topological polar surface area (TPSA) is 141 Å². The fraction of sp³-hybridized carbons (Fsp3) is 0.250. The van der Waals surface area contributed by atoms with Crippen LogP contribution in [0.3, 0.4) is 0 Å². The van der Waals surface area contributed by atoms with Crippen molar-refractivity contribution in [1.29, 1.82) is 5.26 Å². The van der Waals surface area contributed by atoms with Crippen LogP contribution in [0.25, 0.3) is 0 Å². The van der Waals surface area contributed by atoms with Gasteiger partial charge in [0.2, 0.25) is 0 Å². The molecule has 0 bridgehead atoms. The van der Waals surface area contributed by atoms with Gasteiger partial charge in [-0.15, -0.1) is 13.2 Å². The van der Waals surface area contributed by atoms with Crippen LogP contribution in [0, 0.1) is 11.3 Å². The van der Waals surface area contributed by atoms with Crippen LogP contribution in [0.15, 0.2) is 36.4 Å². The van der Waals surface area contributed by atoms with Gasteiger partial charge < -0.3 is 34.4 Å². The highest BCUT2D eigenvalue weighted by Gasteiger charge is 2.34. The molecule has 1 aliphatic rings. The van der Waals surface area contributed by atoms with E-state index in [1.165, 1.54) is 19.1 Å². The number of alkyl halides is 3. The fourth-order valence-corrected chi connectivity index (χ4v) is 3.08.